The lowest BCUT2D eigenvalue weighted by atomic mass is 10.2. The number of aryl methyl sites for hydroxylation is 1. The number of hydrogen-bond donors (Lipinski definition) is 2. The second-order valence-electron chi connectivity index (χ2n) is 8.43. The number of amides is 1. The average Bonchev–Trinajstić information content (AvgIpc) is 3.29. The Morgan fingerprint density at radius 3 is 2.53 bits per heavy atom. The first kappa shape index (κ1) is 25.5. The van der Waals surface area contributed by atoms with Crippen molar-refractivity contribution in [1.82, 2.24) is 24.8 Å². The molecule has 1 amide bonds. The number of aromatic nitrogens is 4. The second kappa shape index (κ2) is 11.4. The molecule has 10 heteroatoms. The normalized spacial score (nSPS) is 13.8. The number of likely N-dealkylation sites (N-methyl/N-ethyl adjacent to an activating group) is 1. The van der Waals surface area contributed by atoms with Gasteiger partial charge in [-0.1, -0.05) is 26.0 Å². The van der Waals surface area contributed by atoms with Gasteiger partial charge in [0.25, 0.3) is 0 Å². The zero-order valence-electron chi connectivity index (χ0n) is 21.4. The number of hydrogen-bond acceptors (Lipinski definition) is 9. The lowest BCUT2D eigenvalue weighted by Crippen LogP contribution is -2.45. The zero-order valence-corrected chi connectivity index (χ0v) is 22.2. The lowest BCUT2D eigenvalue weighted by Gasteiger charge is -2.32. The van der Waals surface area contributed by atoms with E-state index in [4.69, 9.17) is 9.97 Å². The quantitative estimate of drug-likeness (QED) is 0.394. The number of fused-ring (bicyclic) bond motifs is 1. The zero-order chi connectivity index (χ0) is 25.7. The molecule has 0 unspecified atom stereocenters. The van der Waals surface area contributed by atoms with Crippen LogP contribution in [-0.2, 0) is 4.79 Å². The maximum absolute atomic E-state index is 11.4. The molecule has 3 aromatic heterocycles. The van der Waals surface area contributed by atoms with Crippen molar-refractivity contribution in [3.63, 3.8) is 0 Å². The Labute approximate surface area is 215 Å². The average molecular weight is 505 g/mol. The van der Waals surface area contributed by atoms with E-state index in [9.17, 15) is 4.79 Å². The topological polar surface area (TPSA) is 99.2 Å². The van der Waals surface area contributed by atoms with Crippen LogP contribution in [-0.4, -0.2) is 64.0 Å². The molecule has 0 atom stereocenters. The number of benzene rings is 1. The fourth-order valence-corrected chi connectivity index (χ4v) is 4.77. The summed E-state index contributed by atoms with van der Waals surface area (Å²) in [6.45, 7) is 11.3. The molecule has 0 aliphatic carbocycles. The van der Waals surface area contributed by atoms with Crippen molar-refractivity contribution < 1.29 is 4.79 Å². The molecule has 2 N–H and O–H groups in total. The molecule has 9 nitrogen and oxygen atoms in total. The summed E-state index contributed by atoms with van der Waals surface area (Å²) in [5, 5.41) is 7.01. The van der Waals surface area contributed by atoms with Gasteiger partial charge in [-0.25, -0.2) is 15.0 Å². The van der Waals surface area contributed by atoms with Crippen LogP contribution in [0.25, 0.3) is 20.8 Å². The van der Waals surface area contributed by atoms with Gasteiger partial charge >= 0.3 is 0 Å². The summed E-state index contributed by atoms with van der Waals surface area (Å²) in [6, 6.07) is 11.5. The van der Waals surface area contributed by atoms with E-state index in [-0.39, 0.29) is 5.91 Å². The Bertz CT molecular complexity index is 1350. The first-order valence-electron chi connectivity index (χ1n) is 12.1. The van der Waals surface area contributed by atoms with Crippen molar-refractivity contribution in [3.05, 3.63) is 48.3 Å². The molecule has 188 valence electrons. The Morgan fingerprint density at radius 2 is 1.78 bits per heavy atom. The van der Waals surface area contributed by atoms with Gasteiger partial charge in [0.1, 0.15) is 16.6 Å². The van der Waals surface area contributed by atoms with E-state index < -0.39 is 0 Å². The molecule has 1 saturated heterocycles. The Balaban J connectivity index is 0.00000148. The molecule has 1 aliphatic heterocycles. The van der Waals surface area contributed by atoms with Crippen LogP contribution in [0.2, 0.25) is 0 Å². The van der Waals surface area contributed by atoms with E-state index in [1.54, 1.807) is 11.3 Å². The number of rotatable bonds is 5. The van der Waals surface area contributed by atoms with Gasteiger partial charge in [0, 0.05) is 68.4 Å². The third kappa shape index (κ3) is 6.13. The molecule has 1 aromatic carbocycles. The number of carbonyl (C=O) groups is 1. The Kier molecular flexibility index (Phi) is 8.07. The van der Waals surface area contributed by atoms with Crippen LogP contribution < -0.4 is 15.5 Å². The van der Waals surface area contributed by atoms with E-state index in [2.05, 4.69) is 37.4 Å². The fourth-order valence-electron chi connectivity index (χ4n) is 3.86. The van der Waals surface area contributed by atoms with E-state index in [0.29, 0.717) is 11.6 Å². The van der Waals surface area contributed by atoms with Gasteiger partial charge in [-0.15, -0.1) is 11.3 Å². The predicted octanol–water partition coefficient (Wildman–Crippen LogP) is 4.94. The first-order chi connectivity index (χ1) is 17.4. The highest BCUT2D eigenvalue weighted by Crippen LogP contribution is 2.32. The summed E-state index contributed by atoms with van der Waals surface area (Å²) >= 11 is 1.57. The van der Waals surface area contributed by atoms with Crippen LogP contribution in [0.3, 0.4) is 0 Å². The van der Waals surface area contributed by atoms with Crippen LogP contribution in [0.1, 0.15) is 26.5 Å². The number of thiazole rings is 1. The van der Waals surface area contributed by atoms with Gasteiger partial charge < -0.3 is 20.4 Å². The number of carbonyl (C=O) groups excluding carboxylic acids is 1. The van der Waals surface area contributed by atoms with E-state index in [0.717, 1.165) is 64.3 Å². The van der Waals surface area contributed by atoms with Gasteiger partial charge in [-0.2, -0.15) is 4.98 Å². The molecular formula is C26H32N8OS. The molecule has 0 bridgehead atoms. The highest BCUT2D eigenvalue weighted by Gasteiger charge is 2.17. The third-order valence-corrected chi connectivity index (χ3v) is 6.64. The minimum absolute atomic E-state index is 0.0999. The molecule has 0 saturated carbocycles. The van der Waals surface area contributed by atoms with E-state index in [1.165, 1.54) is 6.92 Å². The van der Waals surface area contributed by atoms with Crippen molar-refractivity contribution in [2.75, 3.05) is 48.8 Å². The standard InChI is InChI=1S/C24H26N8OS.C2H6/c1-15-11-22(30-24(26-15)32-9-7-31(3)8-10-32)29-21-13-19-20(14-25-21)34-23(28-19)17-5-4-6-18(12-17)27-16(2)33;1-2/h4-6,11-14H,7-10H2,1-3H3,(H,27,33)(H,25,26,29,30);1-2H3. The third-order valence-electron chi connectivity index (χ3n) is 5.59. The molecule has 4 heterocycles. The summed E-state index contributed by atoms with van der Waals surface area (Å²) in [5.41, 5.74) is 3.46. The van der Waals surface area contributed by atoms with Crippen LogP contribution in [0.4, 0.5) is 23.3 Å². The maximum atomic E-state index is 11.4. The fraction of sp³-hybridized carbons (Fsp3) is 0.346. The summed E-state index contributed by atoms with van der Waals surface area (Å²) < 4.78 is 0.988. The molecule has 1 fully saturated rings. The van der Waals surface area contributed by atoms with Crippen molar-refractivity contribution >= 4 is 50.7 Å². The summed E-state index contributed by atoms with van der Waals surface area (Å²) in [4.78, 5) is 34.7. The molecule has 4 aromatic rings. The van der Waals surface area contributed by atoms with Crippen molar-refractivity contribution in [2.24, 2.45) is 0 Å². The first-order valence-corrected chi connectivity index (χ1v) is 13.0. The van der Waals surface area contributed by atoms with Crippen molar-refractivity contribution in [1.29, 1.82) is 0 Å². The van der Waals surface area contributed by atoms with Gasteiger partial charge in [0.2, 0.25) is 11.9 Å². The summed E-state index contributed by atoms with van der Waals surface area (Å²) in [7, 11) is 2.13. The minimum atomic E-state index is -0.0999. The van der Waals surface area contributed by atoms with Crippen molar-refractivity contribution in [2.45, 2.75) is 27.7 Å². The molecular weight excluding hydrogens is 472 g/mol. The highest BCUT2D eigenvalue weighted by atomic mass is 32.1. The van der Waals surface area contributed by atoms with Crippen LogP contribution in [0.5, 0.6) is 0 Å². The number of piperazine rings is 1. The van der Waals surface area contributed by atoms with E-state index in [1.807, 2.05) is 63.4 Å². The molecule has 0 radical (unpaired) electrons. The molecule has 1 aliphatic rings. The SMILES string of the molecule is CC.CC(=O)Nc1cccc(-c2nc3cc(Nc4cc(C)nc(N5CCN(C)CC5)n4)ncc3s2)c1. The van der Waals surface area contributed by atoms with Crippen LogP contribution in [0.15, 0.2) is 42.6 Å². The smallest absolute Gasteiger partial charge is 0.227 e. The highest BCUT2D eigenvalue weighted by molar-refractivity contribution is 7.21. The molecule has 36 heavy (non-hydrogen) atoms. The number of pyridine rings is 1. The van der Waals surface area contributed by atoms with Gasteiger partial charge in [-0.05, 0) is 26.1 Å². The van der Waals surface area contributed by atoms with Crippen molar-refractivity contribution in [3.8, 4) is 10.6 Å². The second-order valence-corrected chi connectivity index (χ2v) is 9.46. The van der Waals surface area contributed by atoms with Crippen LogP contribution >= 0.6 is 11.3 Å². The Morgan fingerprint density at radius 1 is 1.00 bits per heavy atom. The summed E-state index contributed by atoms with van der Waals surface area (Å²) in [6.07, 6.45) is 1.83. The predicted molar refractivity (Wildman–Crippen MR) is 148 cm³/mol. The number of nitrogens with one attached hydrogen (secondary N) is 2. The Hall–Kier alpha value is -3.63. The molecule has 5 rings (SSSR count). The largest absolute Gasteiger partial charge is 0.338 e. The minimum Gasteiger partial charge on any atom is -0.338 e. The van der Waals surface area contributed by atoms with Gasteiger partial charge in [-0.3, -0.25) is 4.79 Å². The number of nitrogens with zero attached hydrogens (tertiary/aromatic N) is 6. The lowest BCUT2D eigenvalue weighted by molar-refractivity contribution is -0.114. The van der Waals surface area contributed by atoms with E-state index >= 15 is 0 Å². The number of anilines is 4. The summed E-state index contributed by atoms with van der Waals surface area (Å²) in [5.74, 6) is 2.04. The monoisotopic (exact) mass is 504 g/mol. The van der Waals surface area contributed by atoms with Crippen LogP contribution in [0, 0.1) is 6.92 Å². The maximum Gasteiger partial charge on any atom is 0.227 e. The molecule has 0 spiro atoms. The van der Waals surface area contributed by atoms with Gasteiger partial charge in [0.05, 0.1) is 10.2 Å². The van der Waals surface area contributed by atoms with Gasteiger partial charge in [0.15, 0.2) is 0 Å².